The molecule has 3 nitrogen and oxygen atoms in total. The van der Waals surface area contributed by atoms with Gasteiger partial charge in [-0.05, 0) is 31.9 Å². The molecule has 1 N–H and O–H groups in total. The van der Waals surface area contributed by atoms with Crippen molar-refractivity contribution in [3.63, 3.8) is 0 Å². The van der Waals surface area contributed by atoms with E-state index in [2.05, 4.69) is 12.0 Å². The Labute approximate surface area is 118 Å². The minimum Gasteiger partial charge on any atom is -0.391 e. The van der Waals surface area contributed by atoms with Crippen LogP contribution < -0.4 is 0 Å². The minimum absolute atomic E-state index is 0.0278. The van der Waals surface area contributed by atoms with Gasteiger partial charge in [-0.1, -0.05) is 18.5 Å². The number of aromatic nitrogens is 2. The molecule has 2 unspecified atom stereocenters. The Balaban J connectivity index is 2.16. The minimum atomic E-state index is -0.359. The predicted molar refractivity (Wildman–Crippen MR) is 77.4 cm³/mol. The SMILES string of the molecule is CCc1nn(C)c(CC(O)C2(C)CCCS2)c1Cl. The van der Waals surface area contributed by atoms with Crippen molar-refractivity contribution in [1.82, 2.24) is 9.78 Å². The van der Waals surface area contributed by atoms with Gasteiger partial charge in [-0.2, -0.15) is 16.9 Å². The van der Waals surface area contributed by atoms with Gasteiger partial charge < -0.3 is 5.11 Å². The van der Waals surface area contributed by atoms with E-state index in [0.29, 0.717) is 6.42 Å². The van der Waals surface area contributed by atoms with Gasteiger partial charge in [0.05, 0.1) is 22.5 Å². The summed E-state index contributed by atoms with van der Waals surface area (Å²) in [6.45, 7) is 4.20. The zero-order valence-corrected chi connectivity index (χ0v) is 12.8. The van der Waals surface area contributed by atoms with Crippen LogP contribution in [0.5, 0.6) is 0 Å². The van der Waals surface area contributed by atoms with Crippen molar-refractivity contribution in [3.05, 3.63) is 16.4 Å². The van der Waals surface area contributed by atoms with E-state index in [-0.39, 0.29) is 10.9 Å². The quantitative estimate of drug-likeness (QED) is 0.926. The van der Waals surface area contributed by atoms with Crippen LogP contribution in [0.4, 0.5) is 0 Å². The number of aryl methyl sites for hydroxylation is 2. The summed E-state index contributed by atoms with van der Waals surface area (Å²) in [6.07, 6.45) is 3.33. The molecule has 1 fully saturated rings. The topological polar surface area (TPSA) is 38.0 Å². The monoisotopic (exact) mass is 288 g/mol. The van der Waals surface area contributed by atoms with E-state index in [0.717, 1.165) is 35.0 Å². The van der Waals surface area contributed by atoms with Crippen molar-refractivity contribution in [1.29, 1.82) is 0 Å². The lowest BCUT2D eigenvalue weighted by Crippen LogP contribution is -2.35. The maximum atomic E-state index is 10.5. The van der Waals surface area contributed by atoms with E-state index in [1.54, 1.807) is 0 Å². The van der Waals surface area contributed by atoms with Gasteiger partial charge in [0.1, 0.15) is 0 Å². The van der Waals surface area contributed by atoms with Crippen molar-refractivity contribution in [2.24, 2.45) is 7.05 Å². The lowest BCUT2D eigenvalue weighted by atomic mass is 9.95. The van der Waals surface area contributed by atoms with Crippen LogP contribution in [0.25, 0.3) is 0 Å². The first-order valence-electron chi connectivity index (χ1n) is 6.50. The highest BCUT2D eigenvalue weighted by molar-refractivity contribution is 8.00. The second kappa shape index (κ2) is 5.43. The van der Waals surface area contributed by atoms with Crippen LogP contribution >= 0.6 is 23.4 Å². The zero-order valence-electron chi connectivity index (χ0n) is 11.2. The number of hydrogen-bond donors (Lipinski definition) is 1. The maximum Gasteiger partial charge on any atom is 0.0850 e. The van der Waals surface area contributed by atoms with Gasteiger partial charge in [0.15, 0.2) is 0 Å². The molecule has 1 aromatic rings. The molecule has 0 spiro atoms. The van der Waals surface area contributed by atoms with E-state index >= 15 is 0 Å². The summed E-state index contributed by atoms with van der Waals surface area (Å²) in [5.74, 6) is 1.15. The summed E-state index contributed by atoms with van der Waals surface area (Å²) in [4.78, 5) is 0. The smallest absolute Gasteiger partial charge is 0.0850 e. The van der Waals surface area contributed by atoms with Crippen LogP contribution in [-0.2, 0) is 19.9 Å². The number of hydrogen-bond acceptors (Lipinski definition) is 3. The normalized spacial score (nSPS) is 25.6. The predicted octanol–water partition coefficient (Wildman–Crippen LogP) is 2.83. The van der Waals surface area contributed by atoms with Crippen LogP contribution in [0, 0.1) is 0 Å². The van der Waals surface area contributed by atoms with Crippen LogP contribution in [0.15, 0.2) is 0 Å². The van der Waals surface area contributed by atoms with E-state index in [1.165, 1.54) is 6.42 Å². The highest BCUT2D eigenvalue weighted by atomic mass is 35.5. The lowest BCUT2D eigenvalue weighted by molar-refractivity contribution is 0.131. The summed E-state index contributed by atoms with van der Waals surface area (Å²) < 4.78 is 1.79. The van der Waals surface area contributed by atoms with Gasteiger partial charge in [0.2, 0.25) is 0 Å². The van der Waals surface area contributed by atoms with Crippen molar-refractivity contribution in [2.45, 2.75) is 50.4 Å². The van der Waals surface area contributed by atoms with Crippen molar-refractivity contribution < 1.29 is 5.11 Å². The Morgan fingerprint density at radius 2 is 2.33 bits per heavy atom. The summed E-state index contributed by atoms with van der Waals surface area (Å²) in [5.41, 5.74) is 1.88. The first-order chi connectivity index (χ1) is 8.48. The third-order valence-corrected chi connectivity index (χ3v) is 5.91. The number of nitrogens with zero attached hydrogens (tertiary/aromatic N) is 2. The molecular formula is C13H21ClN2OS. The largest absolute Gasteiger partial charge is 0.391 e. The fraction of sp³-hybridized carbons (Fsp3) is 0.769. The van der Waals surface area contributed by atoms with Crippen molar-refractivity contribution in [2.75, 3.05) is 5.75 Å². The average molecular weight is 289 g/mol. The van der Waals surface area contributed by atoms with Gasteiger partial charge in [0, 0.05) is 18.2 Å². The van der Waals surface area contributed by atoms with Crippen LogP contribution in [0.3, 0.4) is 0 Å². The Morgan fingerprint density at radius 1 is 1.61 bits per heavy atom. The number of thioether (sulfide) groups is 1. The van der Waals surface area contributed by atoms with Crippen LogP contribution in [-0.4, -0.2) is 31.5 Å². The molecule has 0 bridgehead atoms. The molecule has 1 aliphatic heterocycles. The zero-order chi connectivity index (χ0) is 13.3. The van der Waals surface area contributed by atoms with Gasteiger partial charge in [0.25, 0.3) is 0 Å². The van der Waals surface area contributed by atoms with Crippen molar-refractivity contribution in [3.8, 4) is 0 Å². The number of aliphatic hydroxyl groups excluding tert-OH is 1. The third kappa shape index (κ3) is 2.56. The summed E-state index contributed by atoms with van der Waals surface area (Å²) in [5, 5.41) is 15.6. The van der Waals surface area contributed by atoms with E-state index in [1.807, 2.05) is 30.4 Å². The molecule has 1 aliphatic rings. The molecule has 0 saturated carbocycles. The molecule has 18 heavy (non-hydrogen) atoms. The molecule has 2 heterocycles. The molecule has 1 saturated heterocycles. The summed E-state index contributed by atoms with van der Waals surface area (Å²) in [7, 11) is 1.90. The Kier molecular flexibility index (Phi) is 4.29. The molecule has 0 aromatic carbocycles. The standard InChI is InChI=1S/C13H21ClN2OS/c1-4-9-12(14)10(16(3)15-9)8-11(17)13(2)6-5-7-18-13/h11,17H,4-8H2,1-3H3. The van der Waals surface area contributed by atoms with Gasteiger partial charge in [-0.15, -0.1) is 0 Å². The Hall–Kier alpha value is -0.190. The van der Waals surface area contributed by atoms with Gasteiger partial charge in [-0.3, -0.25) is 4.68 Å². The Bertz CT molecular complexity index is 427. The van der Waals surface area contributed by atoms with Crippen molar-refractivity contribution >= 4 is 23.4 Å². The third-order valence-electron chi connectivity index (χ3n) is 3.84. The molecule has 0 aliphatic carbocycles. The summed E-state index contributed by atoms with van der Waals surface area (Å²) in [6, 6.07) is 0. The lowest BCUT2D eigenvalue weighted by Gasteiger charge is -2.29. The second-order valence-corrected chi connectivity index (χ2v) is 7.18. The molecule has 0 radical (unpaired) electrons. The fourth-order valence-corrected chi connectivity index (χ4v) is 4.19. The second-order valence-electron chi connectivity index (χ2n) is 5.17. The number of rotatable bonds is 4. The number of halogens is 1. The Morgan fingerprint density at radius 3 is 2.83 bits per heavy atom. The van der Waals surface area contributed by atoms with E-state index < -0.39 is 0 Å². The molecule has 5 heteroatoms. The molecule has 1 aromatic heterocycles. The van der Waals surface area contributed by atoms with Gasteiger partial charge >= 0.3 is 0 Å². The van der Waals surface area contributed by atoms with Crippen LogP contribution in [0.1, 0.15) is 38.1 Å². The highest BCUT2D eigenvalue weighted by Crippen LogP contribution is 2.41. The first-order valence-corrected chi connectivity index (χ1v) is 7.86. The van der Waals surface area contributed by atoms with Crippen LogP contribution in [0.2, 0.25) is 5.02 Å². The highest BCUT2D eigenvalue weighted by Gasteiger charge is 2.37. The molecule has 2 atom stereocenters. The molecule has 0 amide bonds. The number of aliphatic hydroxyl groups is 1. The van der Waals surface area contributed by atoms with E-state index in [4.69, 9.17) is 11.6 Å². The van der Waals surface area contributed by atoms with Gasteiger partial charge in [-0.25, -0.2) is 0 Å². The first kappa shape index (κ1) is 14.2. The fourth-order valence-electron chi connectivity index (χ4n) is 2.50. The molecule has 102 valence electrons. The summed E-state index contributed by atoms with van der Waals surface area (Å²) >= 11 is 8.20. The molecular weight excluding hydrogens is 268 g/mol. The molecule has 2 rings (SSSR count). The van der Waals surface area contributed by atoms with E-state index in [9.17, 15) is 5.11 Å². The average Bonchev–Trinajstić information content (AvgIpc) is 2.89. The maximum absolute atomic E-state index is 10.5.